The van der Waals surface area contributed by atoms with Gasteiger partial charge < -0.3 is 14.0 Å². The molecule has 0 radical (unpaired) electrons. The second kappa shape index (κ2) is 6.85. The average Bonchev–Trinajstić information content (AvgIpc) is 2.90. The van der Waals surface area contributed by atoms with Crippen molar-refractivity contribution in [2.75, 3.05) is 46.4 Å². The van der Waals surface area contributed by atoms with E-state index in [0.29, 0.717) is 17.9 Å². The van der Waals surface area contributed by atoms with Gasteiger partial charge in [0.25, 0.3) is 5.91 Å². The Labute approximate surface area is 129 Å². The van der Waals surface area contributed by atoms with Gasteiger partial charge in [-0.3, -0.25) is 9.69 Å². The summed E-state index contributed by atoms with van der Waals surface area (Å²) in [6.45, 7) is 4.97. The van der Waals surface area contributed by atoms with Gasteiger partial charge in [0.1, 0.15) is 0 Å². The van der Waals surface area contributed by atoms with Gasteiger partial charge in [-0.15, -0.1) is 0 Å². The molecule has 1 saturated heterocycles. The van der Waals surface area contributed by atoms with Gasteiger partial charge in [-0.25, -0.2) is 9.97 Å². The Hall–Kier alpha value is -1.99. The van der Waals surface area contributed by atoms with Crippen LogP contribution in [0.3, 0.4) is 0 Å². The number of ether oxygens (including phenoxy) is 1. The lowest BCUT2D eigenvalue weighted by atomic mass is 10.3. The average molecular weight is 303 g/mol. The van der Waals surface area contributed by atoms with Crippen molar-refractivity contribution >= 4 is 11.6 Å². The molecule has 0 spiro atoms. The smallest absolute Gasteiger partial charge is 0.276 e. The first-order valence-corrected chi connectivity index (χ1v) is 7.58. The molecule has 1 aliphatic heterocycles. The fraction of sp³-hybridized carbons (Fsp3) is 0.533. The molecule has 0 saturated carbocycles. The van der Waals surface area contributed by atoms with Crippen molar-refractivity contribution in [3.05, 3.63) is 30.5 Å². The second-order valence-corrected chi connectivity index (χ2v) is 5.41. The SMILES string of the molecule is COCCN1CCCN(C(=O)c2nccn3ccnc23)CC1. The Balaban J connectivity index is 1.71. The highest BCUT2D eigenvalue weighted by Crippen LogP contribution is 2.11. The Morgan fingerprint density at radius 2 is 2.00 bits per heavy atom. The summed E-state index contributed by atoms with van der Waals surface area (Å²) in [6, 6.07) is 0. The van der Waals surface area contributed by atoms with Crippen LogP contribution in [0.5, 0.6) is 0 Å². The lowest BCUT2D eigenvalue weighted by Crippen LogP contribution is -2.36. The van der Waals surface area contributed by atoms with Crippen LogP contribution >= 0.6 is 0 Å². The van der Waals surface area contributed by atoms with Crippen LogP contribution in [0.4, 0.5) is 0 Å². The van der Waals surface area contributed by atoms with Crippen LogP contribution in [0, 0.1) is 0 Å². The van der Waals surface area contributed by atoms with E-state index in [9.17, 15) is 4.79 Å². The predicted molar refractivity (Wildman–Crippen MR) is 81.8 cm³/mol. The fourth-order valence-electron chi connectivity index (χ4n) is 2.77. The molecule has 0 aliphatic carbocycles. The largest absolute Gasteiger partial charge is 0.383 e. The molecule has 7 nitrogen and oxygen atoms in total. The Kier molecular flexibility index (Phi) is 4.65. The Morgan fingerprint density at radius 1 is 1.18 bits per heavy atom. The minimum Gasteiger partial charge on any atom is -0.383 e. The zero-order valence-electron chi connectivity index (χ0n) is 12.8. The number of nitrogens with zero attached hydrogens (tertiary/aromatic N) is 5. The summed E-state index contributed by atoms with van der Waals surface area (Å²) in [5.41, 5.74) is 1.05. The molecule has 3 heterocycles. The van der Waals surface area contributed by atoms with E-state index in [1.165, 1.54) is 0 Å². The molecule has 22 heavy (non-hydrogen) atoms. The summed E-state index contributed by atoms with van der Waals surface area (Å²) in [7, 11) is 1.71. The van der Waals surface area contributed by atoms with E-state index in [-0.39, 0.29) is 5.91 Å². The number of hydrogen-bond acceptors (Lipinski definition) is 5. The number of rotatable bonds is 4. The number of carbonyl (C=O) groups is 1. The summed E-state index contributed by atoms with van der Waals surface area (Å²) in [6.07, 6.45) is 7.91. The number of amides is 1. The van der Waals surface area contributed by atoms with Crippen LogP contribution in [0.1, 0.15) is 16.9 Å². The molecule has 0 unspecified atom stereocenters. The third-order valence-corrected chi connectivity index (χ3v) is 4.00. The molecule has 0 atom stereocenters. The predicted octanol–water partition coefficient (Wildman–Crippen LogP) is 0.524. The van der Waals surface area contributed by atoms with E-state index in [4.69, 9.17) is 4.74 Å². The van der Waals surface area contributed by atoms with Crippen LogP contribution in [-0.2, 0) is 4.74 Å². The molecular formula is C15H21N5O2. The lowest BCUT2D eigenvalue weighted by Gasteiger charge is -2.21. The van der Waals surface area contributed by atoms with Gasteiger partial charge in [0, 0.05) is 58.1 Å². The molecule has 1 amide bonds. The van der Waals surface area contributed by atoms with Crippen LogP contribution in [0.15, 0.2) is 24.8 Å². The first-order valence-electron chi connectivity index (χ1n) is 7.58. The van der Waals surface area contributed by atoms with Gasteiger partial charge in [0.15, 0.2) is 11.3 Å². The van der Waals surface area contributed by atoms with Crippen LogP contribution in [0.25, 0.3) is 5.65 Å². The minimum absolute atomic E-state index is 0.0367. The molecule has 7 heteroatoms. The van der Waals surface area contributed by atoms with E-state index >= 15 is 0 Å². The zero-order chi connectivity index (χ0) is 15.4. The monoisotopic (exact) mass is 303 g/mol. The summed E-state index contributed by atoms with van der Waals surface area (Å²) >= 11 is 0. The lowest BCUT2D eigenvalue weighted by molar-refractivity contribution is 0.0754. The van der Waals surface area contributed by atoms with E-state index in [1.807, 2.05) is 15.5 Å². The van der Waals surface area contributed by atoms with Gasteiger partial charge in [-0.05, 0) is 13.0 Å². The molecule has 0 bridgehead atoms. The fourth-order valence-corrected chi connectivity index (χ4v) is 2.77. The highest BCUT2D eigenvalue weighted by atomic mass is 16.5. The molecule has 1 aliphatic rings. The molecule has 2 aromatic heterocycles. The number of carbonyl (C=O) groups excluding carboxylic acids is 1. The van der Waals surface area contributed by atoms with Crippen LogP contribution in [0.2, 0.25) is 0 Å². The molecule has 1 fully saturated rings. The first-order chi connectivity index (χ1) is 10.8. The number of hydrogen-bond donors (Lipinski definition) is 0. The van der Waals surface area contributed by atoms with Gasteiger partial charge in [-0.2, -0.15) is 0 Å². The second-order valence-electron chi connectivity index (χ2n) is 5.41. The van der Waals surface area contributed by atoms with E-state index in [1.54, 1.807) is 25.7 Å². The van der Waals surface area contributed by atoms with Crippen molar-refractivity contribution in [1.29, 1.82) is 0 Å². The van der Waals surface area contributed by atoms with Crippen molar-refractivity contribution in [2.24, 2.45) is 0 Å². The van der Waals surface area contributed by atoms with Crippen molar-refractivity contribution in [1.82, 2.24) is 24.2 Å². The van der Waals surface area contributed by atoms with Crippen LogP contribution < -0.4 is 0 Å². The van der Waals surface area contributed by atoms with Crippen molar-refractivity contribution in [3.8, 4) is 0 Å². The maximum atomic E-state index is 12.8. The topological polar surface area (TPSA) is 63.0 Å². The number of fused-ring (bicyclic) bond motifs is 1. The standard InChI is InChI=1S/C15H21N5O2/c1-22-12-11-18-5-2-6-20(10-9-18)15(21)13-14-17-4-8-19(14)7-3-16-13/h3-4,7-8H,2,5-6,9-12H2,1H3. The van der Waals surface area contributed by atoms with Gasteiger partial charge >= 0.3 is 0 Å². The number of aromatic nitrogens is 3. The molecule has 118 valence electrons. The summed E-state index contributed by atoms with van der Waals surface area (Å²) in [4.78, 5) is 25.4. The van der Waals surface area contributed by atoms with Crippen LogP contribution in [-0.4, -0.2) is 76.5 Å². The van der Waals surface area contributed by atoms with Crippen molar-refractivity contribution in [3.63, 3.8) is 0 Å². The van der Waals surface area contributed by atoms with Gasteiger partial charge in [0.05, 0.1) is 6.61 Å². The molecule has 2 aromatic rings. The summed E-state index contributed by atoms with van der Waals surface area (Å²) in [5, 5.41) is 0. The maximum absolute atomic E-state index is 12.8. The third-order valence-electron chi connectivity index (χ3n) is 4.00. The molecule has 3 rings (SSSR count). The molecule has 0 N–H and O–H groups in total. The zero-order valence-corrected chi connectivity index (χ0v) is 12.8. The van der Waals surface area contributed by atoms with Crippen molar-refractivity contribution in [2.45, 2.75) is 6.42 Å². The minimum atomic E-state index is -0.0367. The van der Waals surface area contributed by atoms with E-state index in [0.717, 1.165) is 39.2 Å². The number of imidazole rings is 1. The summed E-state index contributed by atoms with van der Waals surface area (Å²) in [5.74, 6) is -0.0367. The van der Waals surface area contributed by atoms with Gasteiger partial charge in [0.2, 0.25) is 0 Å². The molecular weight excluding hydrogens is 282 g/mol. The highest BCUT2D eigenvalue weighted by Gasteiger charge is 2.23. The Morgan fingerprint density at radius 3 is 2.82 bits per heavy atom. The summed E-state index contributed by atoms with van der Waals surface area (Å²) < 4.78 is 6.95. The van der Waals surface area contributed by atoms with E-state index in [2.05, 4.69) is 14.9 Å². The highest BCUT2D eigenvalue weighted by molar-refractivity contribution is 5.97. The van der Waals surface area contributed by atoms with Gasteiger partial charge in [-0.1, -0.05) is 0 Å². The maximum Gasteiger partial charge on any atom is 0.276 e. The third kappa shape index (κ3) is 3.10. The Bertz CT molecular complexity index is 642. The number of methoxy groups -OCH3 is 1. The molecule has 0 aromatic carbocycles. The quantitative estimate of drug-likeness (QED) is 0.824. The van der Waals surface area contributed by atoms with Crippen molar-refractivity contribution < 1.29 is 9.53 Å². The first kappa shape index (κ1) is 14.9. The normalized spacial score (nSPS) is 16.9. The van der Waals surface area contributed by atoms with E-state index < -0.39 is 0 Å².